The summed E-state index contributed by atoms with van der Waals surface area (Å²) in [5.74, 6) is 0.914. The zero-order valence-electron chi connectivity index (χ0n) is 20.1. The molecule has 1 aromatic heterocycles. The SMILES string of the molecule is CS(=O)(=O)Nc1cc(-c2cccc(OCc3cccc(C(F)(F)F)c3)c2)cnc1OCC1CCOCC1. The number of halogens is 3. The smallest absolute Gasteiger partial charge is 0.416 e. The molecule has 37 heavy (non-hydrogen) atoms. The summed E-state index contributed by atoms with van der Waals surface area (Å²) in [5.41, 5.74) is 1.14. The van der Waals surface area contributed by atoms with Crippen LogP contribution in [0.1, 0.15) is 24.0 Å². The molecule has 1 N–H and O–H groups in total. The molecular weight excluding hydrogens is 509 g/mol. The summed E-state index contributed by atoms with van der Waals surface area (Å²) in [6.45, 7) is 1.68. The number of alkyl halides is 3. The molecule has 3 aromatic rings. The molecule has 0 radical (unpaired) electrons. The van der Waals surface area contributed by atoms with Gasteiger partial charge in [-0.15, -0.1) is 0 Å². The average molecular weight is 537 g/mol. The van der Waals surface area contributed by atoms with Crippen molar-refractivity contribution in [3.63, 3.8) is 0 Å². The number of nitrogens with one attached hydrogen (secondary N) is 1. The van der Waals surface area contributed by atoms with Crippen LogP contribution in [0, 0.1) is 5.92 Å². The number of benzene rings is 2. The van der Waals surface area contributed by atoms with Gasteiger partial charge in [0.25, 0.3) is 0 Å². The second-order valence-corrected chi connectivity index (χ2v) is 10.6. The summed E-state index contributed by atoms with van der Waals surface area (Å²) in [7, 11) is -3.60. The van der Waals surface area contributed by atoms with Crippen molar-refractivity contribution in [2.24, 2.45) is 5.92 Å². The Morgan fingerprint density at radius 3 is 2.51 bits per heavy atom. The van der Waals surface area contributed by atoms with E-state index in [1.54, 1.807) is 42.6 Å². The fourth-order valence-corrected chi connectivity index (χ4v) is 4.42. The van der Waals surface area contributed by atoms with Gasteiger partial charge in [0, 0.05) is 25.0 Å². The van der Waals surface area contributed by atoms with Crippen LogP contribution in [0.4, 0.5) is 18.9 Å². The molecule has 4 rings (SSSR count). The van der Waals surface area contributed by atoms with Crippen molar-refractivity contribution in [2.75, 3.05) is 30.8 Å². The summed E-state index contributed by atoms with van der Waals surface area (Å²) in [4.78, 5) is 4.35. The Bertz CT molecular complexity index is 1330. The predicted molar refractivity (Wildman–Crippen MR) is 133 cm³/mol. The molecule has 198 valence electrons. The highest BCUT2D eigenvalue weighted by Gasteiger charge is 2.30. The lowest BCUT2D eigenvalue weighted by atomic mass is 10.0. The summed E-state index contributed by atoms with van der Waals surface area (Å²) in [5, 5.41) is 0. The van der Waals surface area contributed by atoms with Gasteiger partial charge in [-0.25, -0.2) is 13.4 Å². The molecule has 1 fully saturated rings. The fraction of sp³-hybridized carbons (Fsp3) is 0.346. The Kier molecular flexibility index (Phi) is 8.23. The summed E-state index contributed by atoms with van der Waals surface area (Å²) in [6.07, 6.45) is -0.0926. The Morgan fingerprint density at radius 2 is 1.78 bits per heavy atom. The van der Waals surface area contributed by atoms with E-state index in [1.807, 2.05) is 0 Å². The van der Waals surface area contributed by atoms with Gasteiger partial charge in [-0.3, -0.25) is 4.72 Å². The first-order chi connectivity index (χ1) is 17.6. The van der Waals surface area contributed by atoms with Gasteiger partial charge in [0.15, 0.2) is 0 Å². The highest BCUT2D eigenvalue weighted by Crippen LogP contribution is 2.32. The Morgan fingerprint density at radius 1 is 1.03 bits per heavy atom. The van der Waals surface area contributed by atoms with Crippen molar-refractivity contribution in [3.05, 3.63) is 71.9 Å². The van der Waals surface area contributed by atoms with E-state index in [0.29, 0.717) is 48.2 Å². The molecule has 7 nitrogen and oxygen atoms in total. The van der Waals surface area contributed by atoms with Crippen LogP contribution in [-0.2, 0) is 27.5 Å². The minimum Gasteiger partial charge on any atom is -0.489 e. The Hall–Kier alpha value is -3.31. The molecule has 0 atom stereocenters. The van der Waals surface area contributed by atoms with E-state index < -0.39 is 21.8 Å². The van der Waals surface area contributed by atoms with Gasteiger partial charge in [-0.05, 0) is 60.2 Å². The van der Waals surface area contributed by atoms with Gasteiger partial charge in [-0.1, -0.05) is 24.3 Å². The lowest BCUT2D eigenvalue weighted by molar-refractivity contribution is -0.137. The third-order valence-corrected chi connectivity index (χ3v) is 6.36. The molecule has 0 amide bonds. The van der Waals surface area contributed by atoms with Crippen molar-refractivity contribution in [1.82, 2.24) is 4.98 Å². The highest BCUT2D eigenvalue weighted by molar-refractivity contribution is 7.92. The number of hydrogen-bond acceptors (Lipinski definition) is 6. The van der Waals surface area contributed by atoms with Crippen LogP contribution in [0.25, 0.3) is 11.1 Å². The normalized spacial score (nSPS) is 14.8. The zero-order chi connectivity index (χ0) is 26.5. The highest BCUT2D eigenvalue weighted by atomic mass is 32.2. The van der Waals surface area contributed by atoms with E-state index in [-0.39, 0.29) is 18.2 Å². The maximum atomic E-state index is 13.0. The number of ether oxygens (including phenoxy) is 3. The first kappa shape index (κ1) is 26.7. The van der Waals surface area contributed by atoms with E-state index in [2.05, 4.69) is 9.71 Å². The number of rotatable bonds is 9. The van der Waals surface area contributed by atoms with Gasteiger partial charge in [-0.2, -0.15) is 13.2 Å². The van der Waals surface area contributed by atoms with Crippen LogP contribution in [0.2, 0.25) is 0 Å². The number of aromatic nitrogens is 1. The molecule has 0 aliphatic carbocycles. The molecule has 0 unspecified atom stereocenters. The minimum absolute atomic E-state index is 0.0501. The van der Waals surface area contributed by atoms with Gasteiger partial charge < -0.3 is 14.2 Å². The lowest BCUT2D eigenvalue weighted by Crippen LogP contribution is -2.22. The van der Waals surface area contributed by atoms with E-state index in [4.69, 9.17) is 14.2 Å². The molecule has 0 spiro atoms. The molecule has 1 aliphatic heterocycles. The van der Waals surface area contributed by atoms with E-state index in [9.17, 15) is 21.6 Å². The van der Waals surface area contributed by atoms with Crippen molar-refractivity contribution < 1.29 is 35.8 Å². The standard InChI is InChI=1S/C26H27F3N2O5S/c1-37(32,33)31-24-14-21(15-30-25(24)36-16-18-8-10-34-11-9-18)20-5-3-7-23(13-20)35-17-19-4-2-6-22(12-19)26(27,28)29/h2-7,12-15,18,31H,8-11,16-17H2,1H3. The van der Waals surface area contributed by atoms with Gasteiger partial charge in [0.2, 0.25) is 15.9 Å². The van der Waals surface area contributed by atoms with Gasteiger partial charge >= 0.3 is 6.18 Å². The molecular formula is C26H27F3N2O5S. The number of hydrogen-bond donors (Lipinski definition) is 1. The van der Waals surface area contributed by atoms with Crippen LogP contribution in [0.5, 0.6) is 11.6 Å². The van der Waals surface area contributed by atoms with Crippen molar-refractivity contribution in [2.45, 2.75) is 25.6 Å². The van der Waals surface area contributed by atoms with Crippen molar-refractivity contribution in [1.29, 1.82) is 0 Å². The lowest BCUT2D eigenvalue weighted by Gasteiger charge is -2.22. The topological polar surface area (TPSA) is 86.8 Å². The Balaban J connectivity index is 1.51. The van der Waals surface area contributed by atoms with Gasteiger partial charge in [0.1, 0.15) is 18.0 Å². The molecule has 1 saturated heterocycles. The number of anilines is 1. The second kappa shape index (κ2) is 11.4. The summed E-state index contributed by atoms with van der Waals surface area (Å²) in [6, 6.07) is 13.5. The summed E-state index contributed by atoms with van der Waals surface area (Å²) < 4.78 is 82.3. The number of sulfonamides is 1. The van der Waals surface area contributed by atoms with Crippen molar-refractivity contribution in [3.8, 4) is 22.8 Å². The van der Waals surface area contributed by atoms with E-state index >= 15 is 0 Å². The monoisotopic (exact) mass is 536 g/mol. The molecule has 2 aromatic carbocycles. The molecule has 0 saturated carbocycles. The van der Waals surface area contributed by atoms with Gasteiger partial charge in [0.05, 0.1) is 18.4 Å². The van der Waals surface area contributed by atoms with Crippen LogP contribution < -0.4 is 14.2 Å². The third-order valence-electron chi connectivity index (χ3n) is 5.77. The molecule has 1 aliphatic rings. The van der Waals surface area contributed by atoms with Crippen LogP contribution >= 0.6 is 0 Å². The zero-order valence-corrected chi connectivity index (χ0v) is 20.9. The minimum atomic E-state index is -4.43. The Labute approximate surface area is 213 Å². The third kappa shape index (κ3) is 7.83. The van der Waals surface area contributed by atoms with E-state index in [1.165, 1.54) is 6.07 Å². The van der Waals surface area contributed by atoms with Crippen molar-refractivity contribution >= 4 is 15.7 Å². The van der Waals surface area contributed by atoms with Crippen LogP contribution in [0.15, 0.2) is 60.8 Å². The number of nitrogens with zero attached hydrogens (tertiary/aromatic N) is 1. The van der Waals surface area contributed by atoms with Crippen LogP contribution in [0.3, 0.4) is 0 Å². The predicted octanol–water partition coefficient (Wildman–Crippen LogP) is 5.52. The maximum Gasteiger partial charge on any atom is 0.416 e. The quantitative estimate of drug-likeness (QED) is 0.387. The molecule has 0 bridgehead atoms. The average Bonchev–Trinajstić information content (AvgIpc) is 2.86. The van der Waals surface area contributed by atoms with Crippen LogP contribution in [-0.4, -0.2) is 39.5 Å². The first-order valence-corrected chi connectivity index (χ1v) is 13.5. The first-order valence-electron chi connectivity index (χ1n) is 11.6. The number of pyridine rings is 1. The second-order valence-electron chi connectivity index (χ2n) is 8.83. The van der Waals surface area contributed by atoms with E-state index in [0.717, 1.165) is 31.2 Å². The summed E-state index contributed by atoms with van der Waals surface area (Å²) >= 11 is 0. The largest absolute Gasteiger partial charge is 0.489 e. The fourth-order valence-electron chi connectivity index (χ4n) is 3.88. The molecule has 2 heterocycles. The maximum absolute atomic E-state index is 13.0. The molecule has 11 heteroatoms.